The maximum Gasteiger partial charge on any atom is 0.255 e. The molecule has 0 aliphatic heterocycles. The second kappa shape index (κ2) is 10.7. The smallest absolute Gasteiger partial charge is 0.255 e. The van der Waals surface area contributed by atoms with Crippen molar-refractivity contribution < 1.29 is 19.2 Å². The van der Waals surface area contributed by atoms with Crippen molar-refractivity contribution in [2.45, 2.75) is 17.1 Å². The molecule has 1 unspecified atom stereocenters. The van der Waals surface area contributed by atoms with E-state index in [2.05, 4.69) is 10.6 Å². The van der Waals surface area contributed by atoms with Crippen molar-refractivity contribution in [2.24, 2.45) is 0 Å². The number of benzene rings is 4. The number of carbonyl (C=O) groups is 4. The van der Waals surface area contributed by atoms with E-state index in [1.807, 2.05) is 6.07 Å². The van der Waals surface area contributed by atoms with E-state index in [0.717, 1.165) is 4.90 Å². The van der Waals surface area contributed by atoms with Crippen LogP contribution in [0.4, 0.5) is 11.4 Å². The van der Waals surface area contributed by atoms with Crippen LogP contribution in [0, 0.1) is 0 Å². The quantitative estimate of drug-likeness (QED) is 0.240. The summed E-state index contributed by atoms with van der Waals surface area (Å²) >= 11 is 7.28. The number of nitrogens with one attached hydrogen (secondary N) is 2. The first kappa shape index (κ1) is 25.4. The van der Waals surface area contributed by atoms with E-state index in [-0.39, 0.29) is 34.5 Å². The van der Waals surface area contributed by atoms with Crippen LogP contribution in [0.2, 0.25) is 5.02 Å². The average molecular weight is 541 g/mol. The van der Waals surface area contributed by atoms with Crippen LogP contribution < -0.4 is 10.6 Å². The van der Waals surface area contributed by atoms with Crippen LogP contribution in [-0.2, 0) is 4.79 Å². The molecule has 8 heteroatoms. The van der Waals surface area contributed by atoms with Gasteiger partial charge in [0.1, 0.15) is 0 Å². The van der Waals surface area contributed by atoms with Gasteiger partial charge >= 0.3 is 0 Å². The van der Waals surface area contributed by atoms with Crippen LogP contribution in [-0.4, -0.2) is 28.6 Å². The monoisotopic (exact) mass is 540 g/mol. The minimum Gasteiger partial charge on any atom is -0.324 e. The lowest BCUT2D eigenvalue weighted by Crippen LogP contribution is -2.27. The molecule has 0 radical (unpaired) electrons. The van der Waals surface area contributed by atoms with Crippen molar-refractivity contribution in [3.05, 3.63) is 124 Å². The maximum absolute atomic E-state index is 13.2. The van der Waals surface area contributed by atoms with Gasteiger partial charge in [-0.2, -0.15) is 0 Å². The molecule has 0 aromatic heterocycles. The number of rotatable bonds is 6. The molecule has 38 heavy (non-hydrogen) atoms. The van der Waals surface area contributed by atoms with E-state index >= 15 is 0 Å². The SMILES string of the molecule is CC(Sc1cccc(NC(=O)c2cccc(Cl)c2)c1)C(=O)Nc1cccc2c1C(=O)c1ccccc1C2=O. The Labute approximate surface area is 228 Å². The van der Waals surface area contributed by atoms with Gasteiger partial charge in [-0.25, -0.2) is 0 Å². The first-order valence-corrected chi connectivity index (χ1v) is 13.0. The molecule has 0 spiro atoms. The summed E-state index contributed by atoms with van der Waals surface area (Å²) < 4.78 is 0. The highest BCUT2D eigenvalue weighted by Gasteiger charge is 2.32. The topological polar surface area (TPSA) is 92.3 Å². The van der Waals surface area contributed by atoms with E-state index in [1.54, 1.807) is 91.9 Å². The summed E-state index contributed by atoms with van der Waals surface area (Å²) in [7, 11) is 0. The van der Waals surface area contributed by atoms with Gasteiger partial charge in [-0.3, -0.25) is 19.2 Å². The molecule has 1 aliphatic rings. The summed E-state index contributed by atoms with van der Waals surface area (Å²) in [6.07, 6.45) is 0. The van der Waals surface area contributed by atoms with Crippen molar-refractivity contribution in [3.8, 4) is 0 Å². The van der Waals surface area contributed by atoms with E-state index in [9.17, 15) is 19.2 Å². The summed E-state index contributed by atoms with van der Waals surface area (Å²) in [5, 5.41) is 5.60. The summed E-state index contributed by atoms with van der Waals surface area (Å²) in [5.41, 5.74) is 2.47. The Balaban J connectivity index is 1.30. The highest BCUT2D eigenvalue weighted by Crippen LogP contribution is 2.33. The van der Waals surface area contributed by atoms with Gasteiger partial charge in [-0.15, -0.1) is 11.8 Å². The molecule has 0 heterocycles. The Bertz CT molecular complexity index is 1620. The Morgan fingerprint density at radius 1 is 0.763 bits per heavy atom. The molecule has 1 atom stereocenters. The number of halogens is 1. The van der Waals surface area contributed by atoms with Crippen molar-refractivity contribution in [3.63, 3.8) is 0 Å². The Hall–Kier alpha value is -4.20. The summed E-state index contributed by atoms with van der Waals surface area (Å²) in [6, 6.07) is 25.4. The Morgan fingerprint density at radius 3 is 2.21 bits per heavy atom. The number of anilines is 2. The molecule has 0 fully saturated rings. The lowest BCUT2D eigenvalue weighted by atomic mass is 9.83. The number of amides is 2. The number of hydrogen-bond donors (Lipinski definition) is 2. The highest BCUT2D eigenvalue weighted by atomic mass is 35.5. The average Bonchev–Trinajstić information content (AvgIpc) is 2.92. The van der Waals surface area contributed by atoms with Crippen LogP contribution in [0.15, 0.2) is 95.9 Å². The van der Waals surface area contributed by atoms with Gasteiger partial charge in [0.25, 0.3) is 5.91 Å². The normalized spacial score (nSPS) is 12.8. The lowest BCUT2D eigenvalue weighted by molar-refractivity contribution is -0.115. The molecule has 4 aromatic rings. The fraction of sp³-hybridized carbons (Fsp3) is 0.0667. The standard InChI is InChI=1S/C30H21ClN2O4S/c1-17(38-21-10-5-9-20(16-21)32-30(37)18-7-4-8-19(31)15-18)29(36)33-25-14-6-13-24-26(25)28(35)23-12-3-2-11-22(23)27(24)34/h2-17H,1H3,(H,32,37)(H,33,36). The third kappa shape index (κ3) is 5.11. The van der Waals surface area contributed by atoms with E-state index in [0.29, 0.717) is 33.1 Å². The van der Waals surface area contributed by atoms with Crippen LogP contribution in [0.5, 0.6) is 0 Å². The lowest BCUT2D eigenvalue weighted by Gasteiger charge is -2.21. The van der Waals surface area contributed by atoms with Gasteiger partial charge in [-0.1, -0.05) is 60.1 Å². The number of fused-ring (bicyclic) bond motifs is 2. The Kier molecular flexibility index (Phi) is 7.13. The minimum atomic E-state index is -0.536. The number of ketones is 2. The third-order valence-corrected chi connectivity index (χ3v) is 7.40. The predicted molar refractivity (Wildman–Crippen MR) is 150 cm³/mol. The molecule has 0 saturated carbocycles. The number of thioether (sulfide) groups is 1. The molecule has 6 nitrogen and oxygen atoms in total. The van der Waals surface area contributed by atoms with Crippen LogP contribution in [0.3, 0.4) is 0 Å². The third-order valence-electron chi connectivity index (χ3n) is 6.07. The molecule has 5 rings (SSSR count). The van der Waals surface area contributed by atoms with Crippen LogP contribution >= 0.6 is 23.4 Å². The minimum absolute atomic E-state index is 0.201. The molecule has 4 aromatic carbocycles. The summed E-state index contributed by atoms with van der Waals surface area (Å²) in [4.78, 5) is 52.6. The van der Waals surface area contributed by atoms with Gasteiger partial charge in [-0.05, 0) is 49.4 Å². The summed E-state index contributed by atoms with van der Waals surface area (Å²) in [6.45, 7) is 1.74. The van der Waals surface area contributed by atoms with E-state index in [4.69, 9.17) is 11.6 Å². The van der Waals surface area contributed by atoms with E-state index < -0.39 is 5.25 Å². The van der Waals surface area contributed by atoms with Crippen molar-refractivity contribution in [1.82, 2.24) is 0 Å². The zero-order valence-electron chi connectivity index (χ0n) is 20.2. The first-order chi connectivity index (χ1) is 18.3. The van der Waals surface area contributed by atoms with Crippen molar-refractivity contribution >= 4 is 58.1 Å². The molecular formula is C30H21ClN2O4S. The molecule has 0 saturated heterocycles. The number of carbonyl (C=O) groups excluding carboxylic acids is 4. The highest BCUT2D eigenvalue weighted by molar-refractivity contribution is 8.00. The van der Waals surface area contributed by atoms with Crippen LogP contribution in [0.25, 0.3) is 0 Å². The van der Waals surface area contributed by atoms with Crippen LogP contribution in [0.1, 0.15) is 49.1 Å². The zero-order valence-corrected chi connectivity index (χ0v) is 21.7. The largest absolute Gasteiger partial charge is 0.324 e. The maximum atomic E-state index is 13.2. The molecule has 188 valence electrons. The fourth-order valence-electron chi connectivity index (χ4n) is 4.22. The zero-order chi connectivity index (χ0) is 26.8. The molecule has 1 aliphatic carbocycles. The summed E-state index contributed by atoms with van der Waals surface area (Å²) in [5.74, 6) is -1.16. The van der Waals surface area contributed by atoms with Gasteiger partial charge < -0.3 is 10.6 Å². The molecule has 0 bridgehead atoms. The van der Waals surface area contributed by atoms with Crippen molar-refractivity contribution in [2.75, 3.05) is 10.6 Å². The fourth-order valence-corrected chi connectivity index (χ4v) is 5.34. The number of hydrogen-bond acceptors (Lipinski definition) is 5. The molecular weight excluding hydrogens is 520 g/mol. The first-order valence-electron chi connectivity index (χ1n) is 11.8. The van der Waals surface area contributed by atoms with Crippen molar-refractivity contribution in [1.29, 1.82) is 0 Å². The van der Waals surface area contributed by atoms with Gasteiger partial charge in [0.2, 0.25) is 5.91 Å². The predicted octanol–water partition coefficient (Wildman–Crippen LogP) is 6.49. The van der Waals surface area contributed by atoms with Gasteiger partial charge in [0.05, 0.1) is 16.5 Å². The molecule has 2 N–H and O–H groups in total. The van der Waals surface area contributed by atoms with E-state index in [1.165, 1.54) is 11.8 Å². The second-order valence-corrected chi connectivity index (χ2v) is 10.5. The van der Waals surface area contributed by atoms with Gasteiger partial charge in [0, 0.05) is 37.9 Å². The Morgan fingerprint density at radius 2 is 1.45 bits per heavy atom. The second-order valence-electron chi connectivity index (χ2n) is 8.67. The molecule has 2 amide bonds. The van der Waals surface area contributed by atoms with Gasteiger partial charge in [0.15, 0.2) is 11.6 Å².